The Morgan fingerprint density at radius 2 is 2.04 bits per heavy atom. The number of nitrogens with one attached hydrogen (secondary N) is 1. The maximum absolute atomic E-state index is 12.2. The van der Waals surface area contributed by atoms with Crippen LogP contribution in [0.1, 0.15) is 22.8 Å². The SMILES string of the molecule is Cc1cccc(NC(=O)[C@@H](C)OC(=O)c2ccc3ncsc3c2)c1. The largest absolute Gasteiger partial charge is 0.449 e. The summed E-state index contributed by atoms with van der Waals surface area (Å²) in [5, 5.41) is 2.74. The van der Waals surface area contributed by atoms with E-state index in [-0.39, 0.29) is 5.91 Å². The van der Waals surface area contributed by atoms with Crippen molar-refractivity contribution in [1.82, 2.24) is 4.98 Å². The Kier molecular flexibility index (Phi) is 4.57. The molecule has 1 N–H and O–H groups in total. The highest BCUT2D eigenvalue weighted by atomic mass is 32.1. The van der Waals surface area contributed by atoms with Crippen LogP contribution in [0, 0.1) is 6.92 Å². The van der Waals surface area contributed by atoms with Crippen LogP contribution in [0.2, 0.25) is 0 Å². The summed E-state index contributed by atoms with van der Waals surface area (Å²) in [7, 11) is 0. The highest BCUT2D eigenvalue weighted by Gasteiger charge is 2.19. The molecule has 0 fully saturated rings. The molecule has 0 aliphatic carbocycles. The third-order valence-corrected chi connectivity index (χ3v) is 4.30. The molecule has 0 aliphatic rings. The lowest BCUT2D eigenvalue weighted by Gasteiger charge is -2.14. The second-order valence-corrected chi connectivity index (χ2v) is 6.33. The van der Waals surface area contributed by atoms with Gasteiger partial charge in [0.25, 0.3) is 5.91 Å². The first-order chi connectivity index (χ1) is 11.5. The summed E-state index contributed by atoms with van der Waals surface area (Å²) in [5.41, 5.74) is 4.67. The van der Waals surface area contributed by atoms with Gasteiger partial charge in [0.2, 0.25) is 0 Å². The molecule has 1 amide bonds. The summed E-state index contributed by atoms with van der Waals surface area (Å²) in [6, 6.07) is 12.6. The summed E-state index contributed by atoms with van der Waals surface area (Å²) >= 11 is 1.45. The number of carbonyl (C=O) groups excluding carboxylic acids is 2. The van der Waals surface area contributed by atoms with E-state index in [1.54, 1.807) is 36.7 Å². The Labute approximate surface area is 143 Å². The molecule has 3 rings (SSSR count). The second-order valence-electron chi connectivity index (χ2n) is 5.44. The molecule has 1 heterocycles. The van der Waals surface area contributed by atoms with Crippen LogP contribution >= 0.6 is 11.3 Å². The third-order valence-electron chi connectivity index (χ3n) is 3.51. The molecule has 0 saturated heterocycles. The lowest BCUT2D eigenvalue weighted by atomic mass is 10.2. The quantitative estimate of drug-likeness (QED) is 0.734. The molecule has 0 spiro atoms. The van der Waals surface area contributed by atoms with Gasteiger partial charge in [0.05, 0.1) is 21.3 Å². The van der Waals surface area contributed by atoms with Crippen molar-refractivity contribution < 1.29 is 14.3 Å². The summed E-state index contributed by atoms with van der Waals surface area (Å²) in [5.74, 6) is -0.898. The molecule has 0 radical (unpaired) electrons. The van der Waals surface area contributed by atoms with Gasteiger partial charge in [-0.15, -0.1) is 11.3 Å². The number of thiazole rings is 1. The zero-order valence-corrected chi connectivity index (χ0v) is 14.1. The molecule has 1 aromatic heterocycles. The average Bonchev–Trinajstić information content (AvgIpc) is 3.02. The van der Waals surface area contributed by atoms with Gasteiger partial charge in [0, 0.05) is 5.69 Å². The Hall–Kier alpha value is -2.73. The monoisotopic (exact) mass is 340 g/mol. The summed E-state index contributed by atoms with van der Waals surface area (Å²) < 4.78 is 6.16. The van der Waals surface area contributed by atoms with Crippen LogP contribution in [0.4, 0.5) is 5.69 Å². The Morgan fingerprint density at radius 3 is 2.83 bits per heavy atom. The maximum atomic E-state index is 12.2. The number of ether oxygens (including phenoxy) is 1. The first-order valence-corrected chi connectivity index (χ1v) is 8.32. The number of amides is 1. The number of hydrogen-bond acceptors (Lipinski definition) is 5. The van der Waals surface area contributed by atoms with Crippen LogP contribution < -0.4 is 5.32 Å². The first kappa shape index (κ1) is 16.1. The topological polar surface area (TPSA) is 68.3 Å². The standard InChI is InChI=1S/C18H16N2O3S/c1-11-4-3-5-14(8-11)20-17(21)12(2)23-18(22)13-6-7-15-16(9-13)24-10-19-15/h3-10,12H,1-2H3,(H,20,21)/t12-/m1/s1. The predicted molar refractivity (Wildman–Crippen MR) is 94.3 cm³/mol. The summed E-state index contributed by atoms with van der Waals surface area (Å²) in [4.78, 5) is 28.5. The number of fused-ring (bicyclic) bond motifs is 1. The maximum Gasteiger partial charge on any atom is 0.338 e. The number of nitrogens with zero attached hydrogens (tertiary/aromatic N) is 1. The minimum Gasteiger partial charge on any atom is -0.449 e. The van der Waals surface area contributed by atoms with Crippen molar-refractivity contribution in [3.05, 3.63) is 59.1 Å². The van der Waals surface area contributed by atoms with E-state index in [9.17, 15) is 9.59 Å². The van der Waals surface area contributed by atoms with Gasteiger partial charge in [-0.2, -0.15) is 0 Å². The van der Waals surface area contributed by atoms with Crippen molar-refractivity contribution in [3.8, 4) is 0 Å². The van der Waals surface area contributed by atoms with E-state index in [0.29, 0.717) is 11.3 Å². The highest BCUT2D eigenvalue weighted by Crippen LogP contribution is 2.20. The molecule has 0 aliphatic heterocycles. The van der Waals surface area contributed by atoms with Crippen molar-refractivity contribution in [2.75, 3.05) is 5.32 Å². The van der Waals surface area contributed by atoms with Gasteiger partial charge in [0.15, 0.2) is 6.10 Å². The van der Waals surface area contributed by atoms with Gasteiger partial charge in [-0.3, -0.25) is 4.79 Å². The van der Waals surface area contributed by atoms with Gasteiger partial charge in [-0.05, 0) is 49.7 Å². The van der Waals surface area contributed by atoms with E-state index < -0.39 is 12.1 Å². The highest BCUT2D eigenvalue weighted by molar-refractivity contribution is 7.16. The fourth-order valence-electron chi connectivity index (χ4n) is 2.23. The molecule has 5 nitrogen and oxygen atoms in total. The van der Waals surface area contributed by atoms with Crippen molar-refractivity contribution in [2.24, 2.45) is 0 Å². The fourth-order valence-corrected chi connectivity index (χ4v) is 2.95. The number of aryl methyl sites for hydroxylation is 1. The van der Waals surface area contributed by atoms with Gasteiger partial charge in [-0.25, -0.2) is 9.78 Å². The van der Waals surface area contributed by atoms with E-state index in [4.69, 9.17) is 4.74 Å². The van der Waals surface area contributed by atoms with Crippen LogP contribution in [-0.4, -0.2) is 23.0 Å². The van der Waals surface area contributed by atoms with E-state index in [1.165, 1.54) is 11.3 Å². The van der Waals surface area contributed by atoms with Crippen molar-refractivity contribution >= 4 is 39.1 Å². The molecule has 0 unspecified atom stereocenters. The number of anilines is 1. The molecular formula is C18H16N2O3S. The van der Waals surface area contributed by atoms with Crippen LogP contribution in [-0.2, 0) is 9.53 Å². The van der Waals surface area contributed by atoms with Gasteiger partial charge >= 0.3 is 5.97 Å². The third kappa shape index (κ3) is 3.60. The molecule has 0 bridgehead atoms. The number of esters is 1. The van der Waals surface area contributed by atoms with Crippen LogP contribution in [0.5, 0.6) is 0 Å². The zero-order valence-electron chi connectivity index (χ0n) is 13.3. The lowest BCUT2D eigenvalue weighted by molar-refractivity contribution is -0.123. The van der Waals surface area contributed by atoms with E-state index in [2.05, 4.69) is 10.3 Å². The molecule has 0 saturated carbocycles. The van der Waals surface area contributed by atoms with Crippen LogP contribution in [0.25, 0.3) is 10.2 Å². The number of aromatic nitrogens is 1. The number of hydrogen-bond donors (Lipinski definition) is 1. The normalized spacial score (nSPS) is 11.9. The zero-order chi connectivity index (χ0) is 17.1. The minimum atomic E-state index is -0.893. The van der Waals surface area contributed by atoms with Gasteiger partial charge in [0.1, 0.15) is 0 Å². The van der Waals surface area contributed by atoms with Gasteiger partial charge in [-0.1, -0.05) is 12.1 Å². The molecule has 6 heteroatoms. The van der Waals surface area contributed by atoms with Crippen molar-refractivity contribution in [2.45, 2.75) is 20.0 Å². The molecule has 24 heavy (non-hydrogen) atoms. The number of carbonyl (C=O) groups is 2. The molecule has 122 valence electrons. The Morgan fingerprint density at radius 1 is 1.21 bits per heavy atom. The summed E-state index contributed by atoms with van der Waals surface area (Å²) in [6.07, 6.45) is -0.893. The molecular weight excluding hydrogens is 324 g/mol. The Balaban J connectivity index is 1.65. The fraction of sp³-hybridized carbons (Fsp3) is 0.167. The molecule has 3 aromatic rings. The Bertz CT molecular complexity index is 904. The second kappa shape index (κ2) is 6.80. The first-order valence-electron chi connectivity index (χ1n) is 7.45. The number of benzene rings is 2. The predicted octanol–water partition coefficient (Wildman–Crippen LogP) is 3.79. The molecule has 1 atom stereocenters. The minimum absolute atomic E-state index is 0.368. The van der Waals surface area contributed by atoms with Crippen molar-refractivity contribution in [3.63, 3.8) is 0 Å². The molecule has 2 aromatic carbocycles. The number of rotatable bonds is 4. The smallest absolute Gasteiger partial charge is 0.338 e. The van der Waals surface area contributed by atoms with E-state index in [1.807, 2.05) is 25.1 Å². The summed E-state index contributed by atoms with van der Waals surface area (Å²) in [6.45, 7) is 3.49. The van der Waals surface area contributed by atoms with E-state index >= 15 is 0 Å². The van der Waals surface area contributed by atoms with Gasteiger partial charge < -0.3 is 10.1 Å². The van der Waals surface area contributed by atoms with Crippen LogP contribution in [0.15, 0.2) is 48.0 Å². The van der Waals surface area contributed by atoms with E-state index in [0.717, 1.165) is 15.8 Å². The lowest BCUT2D eigenvalue weighted by Crippen LogP contribution is -2.30. The van der Waals surface area contributed by atoms with Crippen LogP contribution in [0.3, 0.4) is 0 Å². The van der Waals surface area contributed by atoms with Crippen molar-refractivity contribution in [1.29, 1.82) is 0 Å². The average molecular weight is 340 g/mol.